The number of para-hydroxylation sites is 1. The number of aromatic nitrogens is 1. The summed E-state index contributed by atoms with van der Waals surface area (Å²) in [7, 11) is 0. The van der Waals surface area contributed by atoms with Gasteiger partial charge in [0, 0.05) is 28.9 Å². The number of piperidine rings is 3. The first-order chi connectivity index (χ1) is 14.7. The van der Waals surface area contributed by atoms with Crippen LogP contribution in [0.5, 0.6) is 5.75 Å². The second-order valence-corrected chi connectivity index (χ2v) is 8.47. The lowest BCUT2D eigenvalue weighted by Crippen LogP contribution is -2.43. The fourth-order valence-electron chi connectivity index (χ4n) is 5.20. The van der Waals surface area contributed by atoms with E-state index in [2.05, 4.69) is 23.1 Å². The standard InChI is InChI=1S/C25H28N2O3/c1-2-22(25(28)29)27-23-6-4-3-5-20(23)21-8-7-19(15-24(21)27)30-14-11-18-16-26-12-9-17(18)10-13-26/h3-8,11,15,17,22H,2,9-10,12-14,16H2,1H3,(H,28,29)/b18-11+. The van der Waals surface area contributed by atoms with Crippen molar-refractivity contribution >= 4 is 27.8 Å². The van der Waals surface area contributed by atoms with Gasteiger partial charge in [-0.05, 0) is 62.5 Å². The first-order valence-corrected chi connectivity index (χ1v) is 10.9. The van der Waals surface area contributed by atoms with Crippen molar-refractivity contribution in [3.63, 3.8) is 0 Å². The molecule has 0 amide bonds. The summed E-state index contributed by atoms with van der Waals surface area (Å²) in [5.41, 5.74) is 3.38. The first kappa shape index (κ1) is 19.2. The van der Waals surface area contributed by atoms with Gasteiger partial charge < -0.3 is 14.4 Å². The number of aliphatic carboxylic acids is 1. The van der Waals surface area contributed by atoms with Gasteiger partial charge in [-0.25, -0.2) is 4.79 Å². The smallest absolute Gasteiger partial charge is 0.326 e. The zero-order valence-electron chi connectivity index (χ0n) is 17.4. The number of rotatable bonds is 6. The number of benzene rings is 2. The molecule has 30 heavy (non-hydrogen) atoms. The van der Waals surface area contributed by atoms with Crippen molar-refractivity contribution in [1.82, 2.24) is 9.47 Å². The van der Waals surface area contributed by atoms with Gasteiger partial charge in [0.05, 0.1) is 5.52 Å². The van der Waals surface area contributed by atoms with E-state index in [1.807, 2.05) is 41.8 Å². The average molecular weight is 405 g/mol. The van der Waals surface area contributed by atoms with Gasteiger partial charge in [0.2, 0.25) is 0 Å². The molecule has 5 heteroatoms. The fourth-order valence-corrected chi connectivity index (χ4v) is 5.20. The third-order valence-corrected chi connectivity index (χ3v) is 6.78. The summed E-state index contributed by atoms with van der Waals surface area (Å²) < 4.78 is 8.04. The van der Waals surface area contributed by atoms with E-state index < -0.39 is 12.0 Å². The van der Waals surface area contributed by atoms with Gasteiger partial charge in [0.25, 0.3) is 0 Å². The van der Waals surface area contributed by atoms with E-state index in [0.717, 1.165) is 40.0 Å². The molecule has 0 saturated carbocycles. The lowest BCUT2D eigenvalue weighted by Gasteiger charge is -2.41. The van der Waals surface area contributed by atoms with E-state index in [9.17, 15) is 9.90 Å². The molecule has 1 unspecified atom stereocenters. The van der Waals surface area contributed by atoms with Crippen LogP contribution in [-0.4, -0.2) is 46.8 Å². The van der Waals surface area contributed by atoms with Crippen LogP contribution in [0, 0.1) is 5.92 Å². The number of carboxylic acid groups (broad SMARTS) is 1. The molecule has 0 spiro atoms. The van der Waals surface area contributed by atoms with Crippen LogP contribution in [0.1, 0.15) is 32.2 Å². The number of hydrogen-bond donors (Lipinski definition) is 1. The third-order valence-electron chi connectivity index (χ3n) is 6.78. The van der Waals surface area contributed by atoms with Gasteiger partial charge in [-0.2, -0.15) is 0 Å². The summed E-state index contributed by atoms with van der Waals surface area (Å²) in [6.07, 6.45) is 5.32. The van der Waals surface area contributed by atoms with E-state index in [1.54, 1.807) is 0 Å². The minimum absolute atomic E-state index is 0.526. The number of hydrogen-bond acceptors (Lipinski definition) is 3. The SMILES string of the molecule is CCC(C(=O)O)n1c2ccccc2c2ccc(OC/C=C3\CN4CCC3CC4)cc21. The molecule has 156 valence electrons. The molecule has 4 heterocycles. The Bertz CT molecular complexity index is 1120. The van der Waals surface area contributed by atoms with Gasteiger partial charge in [0.15, 0.2) is 0 Å². The summed E-state index contributed by atoms with van der Waals surface area (Å²) in [5.74, 6) is 0.702. The van der Waals surface area contributed by atoms with Crippen LogP contribution >= 0.6 is 0 Å². The predicted octanol–water partition coefficient (Wildman–Crippen LogP) is 4.86. The molecule has 1 N–H and O–H groups in total. The van der Waals surface area contributed by atoms with Crippen molar-refractivity contribution < 1.29 is 14.6 Å². The second-order valence-electron chi connectivity index (χ2n) is 8.47. The van der Waals surface area contributed by atoms with Crippen LogP contribution in [0.15, 0.2) is 54.1 Å². The highest BCUT2D eigenvalue weighted by molar-refractivity contribution is 6.09. The van der Waals surface area contributed by atoms with E-state index in [1.165, 1.54) is 31.5 Å². The average Bonchev–Trinajstić information content (AvgIpc) is 3.09. The Morgan fingerprint density at radius 1 is 1.17 bits per heavy atom. The summed E-state index contributed by atoms with van der Waals surface area (Å²) in [4.78, 5) is 14.5. The van der Waals surface area contributed by atoms with Gasteiger partial charge in [-0.1, -0.05) is 30.7 Å². The summed E-state index contributed by atoms with van der Waals surface area (Å²) in [6, 6.07) is 13.5. The minimum atomic E-state index is -0.807. The maximum absolute atomic E-state index is 11.9. The number of fused-ring (bicyclic) bond motifs is 6. The molecule has 3 saturated heterocycles. The molecule has 1 aromatic heterocycles. The van der Waals surface area contributed by atoms with Crippen LogP contribution < -0.4 is 4.74 Å². The highest BCUT2D eigenvalue weighted by Gasteiger charge is 2.29. The van der Waals surface area contributed by atoms with Crippen LogP contribution in [0.2, 0.25) is 0 Å². The van der Waals surface area contributed by atoms with Gasteiger partial charge in [-0.3, -0.25) is 4.90 Å². The zero-order valence-corrected chi connectivity index (χ0v) is 17.4. The maximum Gasteiger partial charge on any atom is 0.326 e. The molecule has 2 aromatic carbocycles. The fraction of sp³-hybridized carbons (Fsp3) is 0.400. The van der Waals surface area contributed by atoms with E-state index >= 15 is 0 Å². The highest BCUT2D eigenvalue weighted by atomic mass is 16.5. The Balaban J connectivity index is 1.47. The van der Waals surface area contributed by atoms with Crippen molar-refractivity contribution in [3.05, 3.63) is 54.1 Å². The Morgan fingerprint density at radius 2 is 1.93 bits per heavy atom. The quantitative estimate of drug-likeness (QED) is 0.596. The molecule has 3 fully saturated rings. The van der Waals surface area contributed by atoms with Crippen molar-refractivity contribution in [2.75, 3.05) is 26.2 Å². The number of carbonyl (C=O) groups is 1. The van der Waals surface area contributed by atoms with Crippen LogP contribution in [0.3, 0.4) is 0 Å². The van der Waals surface area contributed by atoms with Crippen LogP contribution in [0.4, 0.5) is 0 Å². The van der Waals surface area contributed by atoms with Gasteiger partial charge in [-0.15, -0.1) is 0 Å². The van der Waals surface area contributed by atoms with Crippen molar-refractivity contribution in [2.45, 2.75) is 32.2 Å². The Hall–Kier alpha value is -2.79. The van der Waals surface area contributed by atoms with Crippen molar-refractivity contribution in [1.29, 1.82) is 0 Å². The van der Waals surface area contributed by atoms with Crippen LogP contribution in [-0.2, 0) is 4.79 Å². The summed E-state index contributed by atoms with van der Waals surface area (Å²) in [5, 5.41) is 11.9. The topological polar surface area (TPSA) is 54.7 Å². The molecule has 0 radical (unpaired) electrons. The normalized spacial score (nSPS) is 23.3. The molecule has 5 nitrogen and oxygen atoms in total. The van der Waals surface area contributed by atoms with E-state index in [-0.39, 0.29) is 0 Å². The molecular formula is C25H28N2O3. The molecular weight excluding hydrogens is 376 g/mol. The molecule has 3 aliphatic rings. The number of ether oxygens (including phenoxy) is 1. The number of nitrogens with zero attached hydrogens (tertiary/aromatic N) is 2. The predicted molar refractivity (Wildman–Crippen MR) is 119 cm³/mol. The summed E-state index contributed by atoms with van der Waals surface area (Å²) >= 11 is 0. The zero-order chi connectivity index (χ0) is 20.7. The Kier molecular flexibility index (Phi) is 4.99. The van der Waals surface area contributed by atoms with E-state index in [0.29, 0.717) is 13.0 Å². The molecule has 0 aliphatic carbocycles. The molecule has 3 aliphatic heterocycles. The highest BCUT2D eigenvalue weighted by Crippen LogP contribution is 2.35. The molecule has 2 bridgehead atoms. The minimum Gasteiger partial charge on any atom is -0.489 e. The monoisotopic (exact) mass is 404 g/mol. The van der Waals surface area contributed by atoms with Crippen molar-refractivity contribution in [3.8, 4) is 5.75 Å². The molecule has 1 atom stereocenters. The lowest BCUT2D eigenvalue weighted by molar-refractivity contribution is -0.140. The second kappa shape index (κ2) is 7.80. The maximum atomic E-state index is 11.9. The number of carboxylic acids is 1. The van der Waals surface area contributed by atoms with Gasteiger partial charge in [0.1, 0.15) is 18.4 Å². The first-order valence-electron chi connectivity index (χ1n) is 10.9. The largest absolute Gasteiger partial charge is 0.489 e. The van der Waals surface area contributed by atoms with Gasteiger partial charge >= 0.3 is 5.97 Å². The lowest BCUT2D eigenvalue weighted by atomic mass is 9.84. The Morgan fingerprint density at radius 3 is 2.63 bits per heavy atom. The summed E-state index contributed by atoms with van der Waals surface area (Å²) in [6.45, 7) is 6.01. The van der Waals surface area contributed by atoms with Crippen molar-refractivity contribution in [2.24, 2.45) is 5.92 Å². The van der Waals surface area contributed by atoms with Crippen LogP contribution in [0.25, 0.3) is 21.8 Å². The third kappa shape index (κ3) is 3.27. The Labute approximate surface area is 176 Å². The molecule has 6 rings (SSSR count). The van der Waals surface area contributed by atoms with E-state index in [4.69, 9.17) is 4.74 Å². The molecule has 3 aromatic rings.